The Morgan fingerprint density at radius 2 is 2.00 bits per heavy atom. The minimum atomic E-state index is -0.548. The average molecular weight is 361 g/mol. The monoisotopic (exact) mass is 361 g/mol. The number of likely N-dealkylation sites (tertiary alicyclic amines) is 1. The number of hydrogen-bond donors (Lipinski definition) is 2. The van der Waals surface area contributed by atoms with Gasteiger partial charge < -0.3 is 20.2 Å². The molecule has 0 radical (unpaired) electrons. The lowest BCUT2D eigenvalue weighted by molar-refractivity contribution is -0.122. The van der Waals surface area contributed by atoms with Crippen molar-refractivity contribution in [3.05, 3.63) is 30.1 Å². The molecule has 2 saturated heterocycles. The lowest BCUT2D eigenvalue weighted by Crippen LogP contribution is -2.71. The summed E-state index contributed by atoms with van der Waals surface area (Å²) in [6, 6.07) is 5.11. The van der Waals surface area contributed by atoms with Gasteiger partial charge in [0.05, 0.1) is 0 Å². The van der Waals surface area contributed by atoms with Gasteiger partial charge in [-0.25, -0.2) is 9.18 Å². The van der Waals surface area contributed by atoms with Crippen LogP contribution in [-0.4, -0.2) is 53.2 Å². The maximum atomic E-state index is 13.1. The molecule has 26 heavy (non-hydrogen) atoms. The Labute approximate surface area is 152 Å². The minimum Gasteiger partial charge on any atom is -0.396 e. The van der Waals surface area contributed by atoms with E-state index in [1.807, 2.05) is 4.90 Å². The van der Waals surface area contributed by atoms with Crippen LogP contribution in [0.4, 0.5) is 14.9 Å². The Morgan fingerprint density at radius 3 is 2.62 bits per heavy atom. The van der Waals surface area contributed by atoms with Crippen LogP contribution in [0.5, 0.6) is 0 Å². The van der Waals surface area contributed by atoms with E-state index >= 15 is 0 Å². The Morgan fingerprint density at radius 1 is 1.27 bits per heavy atom. The quantitative estimate of drug-likeness (QED) is 0.863. The van der Waals surface area contributed by atoms with Gasteiger partial charge >= 0.3 is 6.03 Å². The zero-order chi connectivity index (χ0) is 18.3. The molecule has 3 amide bonds. The Hall–Kier alpha value is -2.15. The van der Waals surface area contributed by atoms with Gasteiger partial charge in [-0.2, -0.15) is 0 Å². The molecule has 1 atom stereocenters. The van der Waals surface area contributed by atoms with Gasteiger partial charge in [-0.3, -0.25) is 4.79 Å². The van der Waals surface area contributed by atoms with Crippen LogP contribution in [0.15, 0.2) is 24.3 Å². The molecule has 1 spiro atoms. The molecule has 6 nitrogen and oxygen atoms in total. The fourth-order valence-corrected chi connectivity index (χ4v) is 4.54. The summed E-state index contributed by atoms with van der Waals surface area (Å²) in [7, 11) is 0. The van der Waals surface area contributed by atoms with E-state index in [4.69, 9.17) is 0 Å². The smallest absolute Gasteiger partial charge is 0.318 e. The van der Waals surface area contributed by atoms with E-state index < -0.39 is 6.04 Å². The normalized spacial score (nSPS) is 30.8. The molecule has 2 aliphatic heterocycles. The molecule has 4 rings (SSSR count). The number of aliphatic hydroxyl groups is 1. The largest absolute Gasteiger partial charge is 0.396 e. The highest BCUT2D eigenvalue weighted by atomic mass is 19.1. The number of rotatable bonds is 3. The summed E-state index contributed by atoms with van der Waals surface area (Å²) in [5.74, 6) is -0.198. The molecule has 1 aromatic rings. The first-order valence-electron chi connectivity index (χ1n) is 9.28. The first kappa shape index (κ1) is 17.3. The van der Waals surface area contributed by atoms with Gasteiger partial charge in [-0.15, -0.1) is 0 Å². The third-order valence-electron chi connectivity index (χ3n) is 6.09. The second-order valence-corrected chi connectivity index (χ2v) is 7.69. The van der Waals surface area contributed by atoms with E-state index in [0.29, 0.717) is 25.2 Å². The summed E-state index contributed by atoms with van der Waals surface area (Å²) in [5.41, 5.74) is 0.548. The number of carbonyl (C=O) groups is 2. The predicted octanol–water partition coefficient (Wildman–Crippen LogP) is 1.88. The first-order chi connectivity index (χ1) is 12.5. The molecule has 2 N–H and O–H groups in total. The number of nitrogens with one attached hydrogen (secondary N) is 1. The summed E-state index contributed by atoms with van der Waals surface area (Å²) in [6.45, 7) is 1.44. The van der Waals surface area contributed by atoms with Crippen molar-refractivity contribution in [1.82, 2.24) is 10.2 Å². The van der Waals surface area contributed by atoms with Gasteiger partial charge in [0.2, 0.25) is 5.91 Å². The van der Waals surface area contributed by atoms with Crippen molar-refractivity contribution in [2.24, 2.45) is 5.92 Å². The zero-order valence-corrected chi connectivity index (χ0v) is 14.7. The highest BCUT2D eigenvalue weighted by molar-refractivity contribution is 5.99. The number of aliphatic hydroxyl groups excluding tert-OH is 1. The van der Waals surface area contributed by atoms with Gasteiger partial charge in [0.25, 0.3) is 0 Å². The number of anilines is 1. The van der Waals surface area contributed by atoms with Crippen molar-refractivity contribution < 1.29 is 19.1 Å². The van der Waals surface area contributed by atoms with Crippen molar-refractivity contribution >= 4 is 17.6 Å². The van der Waals surface area contributed by atoms with Crippen molar-refractivity contribution in [3.63, 3.8) is 0 Å². The van der Waals surface area contributed by atoms with Gasteiger partial charge in [-0.05, 0) is 62.3 Å². The van der Waals surface area contributed by atoms with Crippen LogP contribution in [0, 0.1) is 11.7 Å². The Bertz CT molecular complexity index is 702. The lowest BCUT2D eigenvalue weighted by Gasteiger charge is -2.61. The van der Waals surface area contributed by atoms with Gasteiger partial charge in [0, 0.05) is 30.9 Å². The second-order valence-electron chi connectivity index (χ2n) is 7.69. The molecule has 140 valence electrons. The molecular weight excluding hydrogens is 337 g/mol. The average Bonchev–Trinajstić information content (AvgIpc) is 2.56. The van der Waals surface area contributed by atoms with Crippen molar-refractivity contribution in [2.45, 2.75) is 43.7 Å². The number of carbonyl (C=O) groups excluding carboxylic acids is 2. The number of halogens is 1. The van der Waals surface area contributed by atoms with Crippen molar-refractivity contribution in [1.29, 1.82) is 0 Å². The third kappa shape index (κ3) is 2.84. The highest BCUT2D eigenvalue weighted by Gasteiger charge is 2.55. The van der Waals surface area contributed by atoms with Gasteiger partial charge in [0.1, 0.15) is 11.9 Å². The molecule has 7 heteroatoms. The Balaban J connectivity index is 1.39. The number of urea groups is 1. The molecule has 3 fully saturated rings. The molecule has 0 bridgehead atoms. The number of amides is 3. The third-order valence-corrected chi connectivity index (χ3v) is 6.09. The minimum absolute atomic E-state index is 0.105. The summed E-state index contributed by atoms with van der Waals surface area (Å²) >= 11 is 0. The SMILES string of the molecule is O=C1C(NC(=O)N2CCC23CC(CO)C3)CCCN1c1ccc(F)cc1. The van der Waals surface area contributed by atoms with Crippen molar-refractivity contribution in [2.75, 3.05) is 24.6 Å². The molecule has 2 heterocycles. The zero-order valence-electron chi connectivity index (χ0n) is 14.7. The topological polar surface area (TPSA) is 72.9 Å². The number of benzene rings is 1. The molecule has 1 unspecified atom stereocenters. The maximum Gasteiger partial charge on any atom is 0.318 e. The van der Waals surface area contributed by atoms with Crippen molar-refractivity contribution in [3.8, 4) is 0 Å². The van der Waals surface area contributed by atoms with E-state index in [9.17, 15) is 19.1 Å². The highest BCUT2D eigenvalue weighted by Crippen LogP contribution is 2.50. The second kappa shape index (κ2) is 6.54. The summed E-state index contributed by atoms with van der Waals surface area (Å²) < 4.78 is 13.1. The fourth-order valence-electron chi connectivity index (χ4n) is 4.54. The van der Waals surface area contributed by atoms with E-state index in [-0.39, 0.29) is 35.8 Å². The van der Waals surface area contributed by atoms with Gasteiger partial charge in [0.15, 0.2) is 0 Å². The molecule has 1 aromatic carbocycles. The Kier molecular flexibility index (Phi) is 4.34. The standard InChI is InChI=1S/C19H24FN3O3/c20-14-3-5-15(6-4-14)22-8-1-2-16(17(22)25)21-18(26)23-9-7-19(23)10-13(11-19)12-24/h3-6,13,16,24H,1-2,7-12H2,(H,21,26). The van der Waals surface area contributed by atoms with Gasteiger partial charge in [-0.1, -0.05) is 0 Å². The van der Waals surface area contributed by atoms with E-state index in [0.717, 1.165) is 25.7 Å². The first-order valence-corrected chi connectivity index (χ1v) is 9.28. The maximum absolute atomic E-state index is 13.1. The molecule has 1 aliphatic carbocycles. The van der Waals surface area contributed by atoms with Crippen LogP contribution in [0.2, 0.25) is 0 Å². The summed E-state index contributed by atoms with van der Waals surface area (Å²) in [4.78, 5) is 28.9. The van der Waals surface area contributed by atoms with Crippen LogP contribution < -0.4 is 10.2 Å². The van der Waals surface area contributed by atoms with Crippen LogP contribution in [-0.2, 0) is 4.79 Å². The van der Waals surface area contributed by atoms with Crippen LogP contribution in [0.3, 0.4) is 0 Å². The van der Waals surface area contributed by atoms with Crippen LogP contribution in [0.1, 0.15) is 32.1 Å². The number of hydrogen-bond acceptors (Lipinski definition) is 3. The molecular formula is C19H24FN3O3. The summed E-state index contributed by atoms with van der Waals surface area (Å²) in [5, 5.41) is 12.1. The molecule has 0 aromatic heterocycles. The van der Waals surface area contributed by atoms with E-state index in [1.54, 1.807) is 17.0 Å². The van der Waals surface area contributed by atoms with Crippen LogP contribution in [0.25, 0.3) is 0 Å². The number of nitrogens with zero attached hydrogens (tertiary/aromatic N) is 2. The lowest BCUT2D eigenvalue weighted by atomic mass is 9.62. The molecule has 3 aliphatic rings. The molecule has 1 saturated carbocycles. The predicted molar refractivity (Wildman–Crippen MR) is 94.2 cm³/mol. The fraction of sp³-hybridized carbons (Fsp3) is 0.579. The van der Waals surface area contributed by atoms with E-state index in [1.165, 1.54) is 12.1 Å². The van der Waals surface area contributed by atoms with E-state index in [2.05, 4.69) is 5.32 Å². The number of piperidine rings is 1. The van der Waals surface area contributed by atoms with Crippen LogP contribution >= 0.6 is 0 Å². The summed E-state index contributed by atoms with van der Waals surface area (Å²) in [6.07, 6.45) is 4.06.